The third kappa shape index (κ3) is 3.68. The Kier molecular flexibility index (Phi) is 5.20. The Morgan fingerprint density at radius 2 is 1.77 bits per heavy atom. The van der Waals surface area contributed by atoms with Gasteiger partial charge < -0.3 is 11.1 Å². The van der Waals surface area contributed by atoms with Crippen LogP contribution in [0.15, 0.2) is 53.4 Å². The summed E-state index contributed by atoms with van der Waals surface area (Å²) in [5.74, 6) is 0.187. The van der Waals surface area contributed by atoms with E-state index in [1.807, 2.05) is 0 Å². The van der Waals surface area contributed by atoms with Crippen LogP contribution in [0.5, 0.6) is 0 Å². The Labute approximate surface area is 152 Å². The number of carbonyl (C=O) groups excluding carboxylic acids is 2. The van der Waals surface area contributed by atoms with Crippen LogP contribution in [0.3, 0.4) is 0 Å². The Hall–Kier alpha value is -2.51. The first-order valence-electron chi connectivity index (χ1n) is 8.23. The molecule has 2 aromatic carbocycles. The molecule has 1 heterocycles. The van der Waals surface area contributed by atoms with E-state index in [2.05, 4.69) is 5.32 Å². The zero-order valence-corrected chi connectivity index (χ0v) is 14.8. The fourth-order valence-electron chi connectivity index (χ4n) is 2.99. The summed E-state index contributed by atoms with van der Waals surface area (Å²) >= 11 is 0. The molecular weight excluding hydrogens is 352 g/mol. The fourth-order valence-corrected chi connectivity index (χ4v) is 3.94. The van der Waals surface area contributed by atoms with E-state index in [0.717, 1.165) is 19.5 Å². The van der Waals surface area contributed by atoms with Gasteiger partial charge in [0.25, 0.3) is 9.84 Å². The van der Waals surface area contributed by atoms with Crippen LogP contribution in [-0.4, -0.2) is 32.5 Å². The topological polar surface area (TPSA) is 106 Å². The number of nitrogens with two attached hydrogens (primary N) is 1. The van der Waals surface area contributed by atoms with Gasteiger partial charge in [0.05, 0.1) is 4.90 Å². The molecule has 0 saturated carbocycles. The summed E-state index contributed by atoms with van der Waals surface area (Å²) in [7, 11) is -4.24. The summed E-state index contributed by atoms with van der Waals surface area (Å²) in [6.45, 7) is 1.72. The highest BCUT2D eigenvalue weighted by atomic mass is 32.2. The molecule has 135 valence electrons. The second-order valence-corrected chi connectivity index (χ2v) is 8.03. The number of amides is 1. The zero-order valence-electron chi connectivity index (χ0n) is 14.0. The molecule has 0 aromatic heterocycles. The van der Waals surface area contributed by atoms with E-state index in [0.29, 0.717) is 16.7 Å². The highest BCUT2D eigenvalue weighted by Gasteiger charge is 2.25. The second kappa shape index (κ2) is 7.39. The molecule has 3 rings (SSSR count). The lowest BCUT2D eigenvalue weighted by Gasteiger charge is -2.10. The number of sulfone groups is 1. The van der Waals surface area contributed by atoms with E-state index < -0.39 is 15.1 Å². The maximum atomic E-state index is 12.3. The summed E-state index contributed by atoms with van der Waals surface area (Å²) in [6, 6.07) is 12.8. The summed E-state index contributed by atoms with van der Waals surface area (Å²) in [4.78, 5) is 23.5. The van der Waals surface area contributed by atoms with E-state index in [-0.39, 0.29) is 16.6 Å². The van der Waals surface area contributed by atoms with Crippen molar-refractivity contribution in [2.24, 2.45) is 11.7 Å². The van der Waals surface area contributed by atoms with Crippen LogP contribution in [0.1, 0.15) is 16.8 Å². The number of hydrogen-bond donors (Lipinski definition) is 2. The van der Waals surface area contributed by atoms with Gasteiger partial charge in [0.2, 0.25) is 0 Å². The molecule has 1 aliphatic rings. The van der Waals surface area contributed by atoms with E-state index in [1.165, 1.54) is 12.1 Å². The first-order chi connectivity index (χ1) is 12.4. The van der Waals surface area contributed by atoms with Crippen LogP contribution in [0.25, 0.3) is 11.1 Å². The largest absolute Gasteiger partial charge is 0.356 e. The molecule has 1 atom stereocenters. The Morgan fingerprint density at radius 1 is 1.08 bits per heavy atom. The van der Waals surface area contributed by atoms with Crippen molar-refractivity contribution >= 4 is 20.9 Å². The van der Waals surface area contributed by atoms with Crippen molar-refractivity contribution in [2.75, 3.05) is 13.1 Å². The number of rotatable bonds is 5. The van der Waals surface area contributed by atoms with Crippen LogP contribution < -0.4 is 11.1 Å². The van der Waals surface area contributed by atoms with Crippen LogP contribution in [0, 0.1) is 12.3 Å². The molecule has 26 heavy (non-hydrogen) atoms. The van der Waals surface area contributed by atoms with Gasteiger partial charge in [0.1, 0.15) is 0 Å². The van der Waals surface area contributed by atoms with Crippen molar-refractivity contribution in [3.63, 3.8) is 0 Å². The number of Topliss-reactive ketones (excluding diaryl/α,β-unsaturated/α-hetero) is 1. The van der Waals surface area contributed by atoms with E-state index in [4.69, 9.17) is 5.73 Å². The van der Waals surface area contributed by atoms with Gasteiger partial charge >= 0.3 is 5.24 Å². The standard InChI is InChI=1S/C19H19N2O4S/c20-19(23)26(24,25)18-4-2-1-3-16(18)14-5-7-15(8-6-14)17(22)11-13-9-10-21-12-13/h1-8,11,13,21H,9-10,12H2,(H2,20,23). The van der Waals surface area contributed by atoms with Crippen molar-refractivity contribution in [3.05, 3.63) is 60.5 Å². The van der Waals surface area contributed by atoms with Crippen LogP contribution >= 0.6 is 0 Å². The highest BCUT2D eigenvalue weighted by molar-refractivity contribution is 8.06. The number of benzene rings is 2. The molecular formula is C19H19N2O4S. The summed E-state index contributed by atoms with van der Waals surface area (Å²) < 4.78 is 24.3. The van der Waals surface area contributed by atoms with Gasteiger partial charge in [0, 0.05) is 17.5 Å². The Balaban J connectivity index is 1.88. The minimum Gasteiger partial charge on any atom is -0.356 e. The molecule has 1 saturated heterocycles. The first kappa shape index (κ1) is 18.3. The third-order valence-electron chi connectivity index (χ3n) is 4.41. The number of nitrogens with one attached hydrogen (secondary N) is 1. The minimum atomic E-state index is -4.24. The molecule has 7 heteroatoms. The molecule has 3 N–H and O–H groups in total. The summed E-state index contributed by atoms with van der Waals surface area (Å²) in [5, 5.41) is 1.82. The average Bonchev–Trinajstić information content (AvgIpc) is 3.14. The Morgan fingerprint density at radius 3 is 2.38 bits per heavy atom. The van der Waals surface area contributed by atoms with Crippen molar-refractivity contribution in [2.45, 2.75) is 11.3 Å². The number of hydrogen-bond acceptors (Lipinski definition) is 5. The van der Waals surface area contributed by atoms with Crippen LogP contribution in [-0.2, 0) is 9.84 Å². The van der Waals surface area contributed by atoms with Gasteiger partial charge in [-0.05, 0) is 37.1 Å². The van der Waals surface area contributed by atoms with Gasteiger partial charge in [-0.2, -0.15) is 0 Å². The van der Waals surface area contributed by atoms with E-state index in [9.17, 15) is 18.0 Å². The predicted octanol–water partition coefficient (Wildman–Crippen LogP) is 2.20. The molecule has 1 amide bonds. The maximum absolute atomic E-state index is 12.3. The molecule has 0 spiro atoms. The molecule has 6 nitrogen and oxygen atoms in total. The minimum absolute atomic E-state index is 0.0525. The van der Waals surface area contributed by atoms with Gasteiger partial charge in [0.15, 0.2) is 5.78 Å². The zero-order chi connectivity index (χ0) is 18.7. The van der Waals surface area contributed by atoms with Gasteiger partial charge in [-0.1, -0.05) is 42.5 Å². The molecule has 0 bridgehead atoms. The molecule has 1 radical (unpaired) electrons. The maximum Gasteiger partial charge on any atom is 0.338 e. The summed E-state index contributed by atoms with van der Waals surface area (Å²) in [6.07, 6.45) is 2.67. The average molecular weight is 371 g/mol. The Bertz CT molecular complexity index is 930. The SMILES string of the molecule is NC(=O)S(=O)(=O)c1ccccc1-c1ccc(C(=O)[CH]C2CCNC2)cc1. The monoisotopic (exact) mass is 371 g/mol. The normalized spacial score (nSPS) is 17.2. The van der Waals surface area contributed by atoms with Crippen LogP contribution in [0.2, 0.25) is 0 Å². The van der Waals surface area contributed by atoms with E-state index >= 15 is 0 Å². The molecule has 1 fully saturated rings. The van der Waals surface area contributed by atoms with Crippen LogP contribution in [0.4, 0.5) is 4.79 Å². The van der Waals surface area contributed by atoms with Crippen molar-refractivity contribution < 1.29 is 18.0 Å². The highest BCUT2D eigenvalue weighted by Crippen LogP contribution is 2.28. The van der Waals surface area contributed by atoms with E-state index in [1.54, 1.807) is 42.8 Å². The number of ketones is 1. The lowest BCUT2D eigenvalue weighted by molar-refractivity contribution is 0.101. The van der Waals surface area contributed by atoms with Gasteiger partial charge in [-0.3, -0.25) is 9.59 Å². The van der Waals surface area contributed by atoms with Crippen molar-refractivity contribution in [3.8, 4) is 11.1 Å². The lowest BCUT2D eigenvalue weighted by atomic mass is 9.96. The van der Waals surface area contributed by atoms with Gasteiger partial charge in [-0.15, -0.1) is 0 Å². The molecule has 2 aromatic rings. The van der Waals surface area contributed by atoms with Gasteiger partial charge in [-0.25, -0.2) is 8.42 Å². The third-order valence-corrected chi connectivity index (χ3v) is 5.87. The second-order valence-electron chi connectivity index (χ2n) is 6.18. The number of primary amides is 1. The lowest BCUT2D eigenvalue weighted by Crippen LogP contribution is -2.22. The molecule has 0 aliphatic carbocycles. The van der Waals surface area contributed by atoms with Crippen molar-refractivity contribution in [1.82, 2.24) is 5.32 Å². The molecule has 1 unspecified atom stereocenters. The van der Waals surface area contributed by atoms with Crippen molar-refractivity contribution in [1.29, 1.82) is 0 Å². The quantitative estimate of drug-likeness (QED) is 0.784. The molecule has 1 aliphatic heterocycles. The number of carbonyl (C=O) groups is 2. The predicted molar refractivity (Wildman–Crippen MR) is 98.3 cm³/mol. The first-order valence-corrected chi connectivity index (χ1v) is 9.72. The smallest absolute Gasteiger partial charge is 0.338 e. The fraction of sp³-hybridized carbons (Fsp3) is 0.211. The summed E-state index contributed by atoms with van der Waals surface area (Å²) in [5.41, 5.74) is 6.51.